The normalized spacial score (nSPS) is 24.6. The molecule has 2 rings (SSSR count). The van der Waals surface area contributed by atoms with Crippen LogP contribution in [-0.4, -0.2) is 48.4 Å². The van der Waals surface area contributed by atoms with Gasteiger partial charge >= 0.3 is 6.09 Å². The van der Waals surface area contributed by atoms with Crippen molar-refractivity contribution in [1.82, 2.24) is 4.90 Å². The first-order chi connectivity index (χ1) is 8.30. The maximum absolute atomic E-state index is 11.9. The summed E-state index contributed by atoms with van der Waals surface area (Å²) >= 11 is 0. The van der Waals surface area contributed by atoms with Crippen LogP contribution in [0.5, 0.6) is 0 Å². The Labute approximate surface area is 109 Å². The van der Waals surface area contributed by atoms with Crippen LogP contribution < -0.4 is 5.73 Å². The molecule has 0 bridgehead atoms. The number of hydrogen-bond donors (Lipinski definition) is 1. The first kappa shape index (κ1) is 13.6. The van der Waals surface area contributed by atoms with Gasteiger partial charge in [-0.2, -0.15) is 0 Å². The van der Waals surface area contributed by atoms with E-state index >= 15 is 0 Å². The number of ether oxygens (including phenoxy) is 2. The summed E-state index contributed by atoms with van der Waals surface area (Å²) in [6.07, 6.45) is 1.44. The van der Waals surface area contributed by atoms with E-state index in [0.717, 1.165) is 26.1 Å². The van der Waals surface area contributed by atoms with E-state index in [1.165, 1.54) is 0 Å². The van der Waals surface area contributed by atoms with Crippen molar-refractivity contribution < 1.29 is 14.3 Å². The average molecular weight is 256 g/mol. The lowest BCUT2D eigenvalue weighted by molar-refractivity contribution is -0.0831. The third-order valence-electron chi connectivity index (χ3n) is 3.80. The molecule has 2 fully saturated rings. The summed E-state index contributed by atoms with van der Waals surface area (Å²) in [6, 6.07) is 0. The van der Waals surface area contributed by atoms with Crippen LogP contribution >= 0.6 is 0 Å². The third kappa shape index (κ3) is 2.95. The largest absolute Gasteiger partial charge is 0.444 e. The Hall–Kier alpha value is -0.810. The molecule has 0 saturated carbocycles. The van der Waals surface area contributed by atoms with Crippen LogP contribution in [0.1, 0.15) is 33.6 Å². The maximum Gasteiger partial charge on any atom is 0.410 e. The number of nitrogens with two attached hydrogens (primary N) is 1. The number of likely N-dealkylation sites (tertiary alicyclic amines) is 1. The van der Waals surface area contributed by atoms with E-state index in [4.69, 9.17) is 15.2 Å². The molecule has 0 atom stereocenters. The number of carbonyl (C=O) groups is 1. The summed E-state index contributed by atoms with van der Waals surface area (Å²) in [4.78, 5) is 13.7. The Kier molecular flexibility index (Phi) is 3.56. The number of carbonyl (C=O) groups excluding carboxylic acids is 1. The summed E-state index contributed by atoms with van der Waals surface area (Å²) in [5.41, 5.74) is 5.80. The molecule has 2 aliphatic rings. The zero-order valence-electron chi connectivity index (χ0n) is 11.6. The quantitative estimate of drug-likeness (QED) is 0.769. The van der Waals surface area contributed by atoms with E-state index in [9.17, 15) is 4.79 Å². The van der Waals surface area contributed by atoms with Gasteiger partial charge in [-0.1, -0.05) is 0 Å². The summed E-state index contributed by atoms with van der Waals surface area (Å²) in [6.45, 7) is 8.55. The summed E-state index contributed by atoms with van der Waals surface area (Å²) < 4.78 is 10.6. The summed E-state index contributed by atoms with van der Waals surface area (Å²) in [7, 11) is 0. The smallest absolute Gasteiger partial charge is 0.410 e. The minimum atomic E-state index is -0.434. The molecule has 2 heterocycles. The van der Waals surface area contributed by atoms with Crippen molar-refractivity contribution in [2.45, 2.75) is 44.8 Å². The van der Waals surface area contributed by atoms with Gasteiger partial charge in [0.05, 0.1) is 13.2 Å². The van der Waals surface area contributed by atoms with Crippen molar-refractivity contribution in [2.75, 3.05) is 26.3 Å². The van der Waals surface area contributed by atoms with E-state index in [1.54, 1.807) is 4.90 Å². The predicted molar refractivity (Wildman–Crippen MR) is 68.3 cm³/mol. The number of amides is 1. The Bertz CT molecular complexity index is 313. The fraction of sp³-hybridized carbons (Fsp3) is 0.923. The Morgan fingerprint density at radius 3 is 2.28 bits per heavy atom. The molecule has 0 unspecified atom stereocenters. The third-order valence-corrected chi connectivity index (χ3v) is 3.80. The molecule has 0 aromatic rings. The van der Waals surface area contributed by atoms with E-state index in [0.29, 0.717) is 19.0 Å². The van der Waals surface area contributed by atoms with Crippen molar-refractivity contribution in [3.05, 3.63) is 0 Å². The van der Waals surface area contributed by atoms with Gasteiger partial charge in [-0.3, -0.25) is 0 Å². The van der Waals surface area contributed by atoms with Crippen LogP contribution in [0.15, 0.2) is 0 Å². The number of nitrogens with zero attached hydrogens (tertiary/aromatic N) is 1. The van der Waals surface area contributed by atoms with Gasteiger partial charge in [0, 0.05) is 24.5 Å². The molecule has 0 spiro atoms. The van der Waals surface area contributed by atoms with Gasteiger partial charge in [-0.25, -0.2) is 4.79 Å². The molecule has 0 aromatic carbocycles. The topological polar surface area (TPSA) is 64.8 Å². The highest BCUT2D eigenvalue weighted by Gasteiger charge is 2.43. The fourth-order valence-corrected chi connectivity index (χ4v) is 2.41. The highest BCUT2D eigenvalue weighted by atomic mass is 16.6. The highest BCUT2D eigenvalue weighted by molar-refractivity contribution is 5.68. The van der Waals surface area contributed by atoms with E-state index < -0.39 is 5.60 Å². The monoisotopic (exact) mass is 256 g/mol. The van der Waals surface area contributed by atoms with Crippen LogP contribution in [0.3, 0.4) is 0 Å². The molecule has 0 radical (unpaired) electrons. The summed E-state index contributed by atoms with van der Waals surface area (Å²) in [5, 5.41) is 0. The molecule has 5 heteroatoms. The molecular weight excluding hydrogens is 232 g/mol. The van der Waals surface area contributed by atoms with E-state index in [1.807, 2.05) is 20.8 Å². The lowest BCUT2D eigenvalue weighted by atomic mass is 9.76. The van der Waals surface area contributed by atoms with Crippen LogP contribution in [-0.2, 0) is 9.47 Å². The molecule has 104 valence electrons. The Morgan fingerprint density at radius 1 is 1.33 bits per heavy atom. The minimum absolute atomic E-state index is 0.156. The SMILES string of the molecule is CC(C)(C)OC(=O)N1CCC(N)(C2COC2)CC1. The fourth-order valence-electron chi connectivity index (χ4n) is 2.41. The van der Waals surface area contributed by atoms with E-state index in [2.05, 4.69) is 0 Å². The molecule has 1 amide bonds. The lowest BCUT2D eigenvalue weighted by Crippen LogP contribution is -2.61. The number of rotatable bonds is 1. The van der Waals surface area contributed by atoms with Gasteiger partial charge in [0.2, 0.25) is 0 Å². The van der Waals surface area contributed by atoms with Crippen molar-refractivity contribution in [1.29, 1.82) is 0 Å². The van der Waals surface area contributed by atoms with Gasteiger partial charge in [-0.05, 0) is 33.6 Å². The minimum Gasteiger partial charge on any atom is -0.444 e. The average Bonchev–Trinajstić information content (AvgIpc) is 2.12. The second-order valence-corrected chi connectivity index (χ2v) is 6.43. The second kappa shape index (κ2) is 4.70. The molecule has 0 aromatic heterocycles. The van der Waals surface area contributed by atoms with Gasteiger partial charge in [0.25, 0.3) is 0 Å². The molecule has 2 saturated heterocycles. The van der Waals surface area contributed by atoms with Gasteiger partial charge in [-0.15, -0.1) is 0 Å². The van der Waals surface area contributed by atoms with Crippen LogP contribution in [0.2, 0.25) is 0 Å². The van der Waals surface area contributed by atoms with Gasteiger partial charge < -0.3 is 20.1 Å². The standard InChI is InChI=1S/C13H24N2O3/c1-12(2,3)18-11(16)15-6-4-13(14,5-7-15)10-8-17-9-10/h10H,4-9,14H2,1-3H3. The van der Waals surface area contributed by atoms with Crippen molar-refractivity contribution in [3.63, 3.8) is 0 Å². The van der Waals surface area contributed by atoms with Gasteiger partial charge in [0.1, 0.15) is 5.60 Å². The first-order valence-corrected chi connectivity index (χ1v) is 6.65. The lowest BCUT2D eigenvalue weighted by Gasteiger charge is -2.47. The molecule has 0 aliphatic carbocycles. The van der Waals surface area contributed by atoms with Crippen LogP contribution in [0, 0.1) is 5.92 Å². The number of hydrogen-bond acceptors (Lipinski definition) is 4. The molecule has 18 heavy (non-hydrogen) atoms. The van der Waals surface area contributed by atoms with Crippen molar-refractivity contribution >= 4 is 6.09 Å². The predicted octanol–water partition coefficient (Wildman–Crippen LogP) is 1.36. The molecule has 2 aliphatic heterocycles. The first-order valence-electron chi connectivity index (χ1n) is 6.65. The van der Waals surface area contributed by atoms with E-state index in [-0.39, 0.29) is 11.6 Å². The van der Waals surface area contributed by atoms with Crippen LogP contribution in [0.4, 0.5) is 4.79 Å². The zero-order valence-corrected chi connectivity index (χ0v) is 11.6. The molecular formula is C13H24N2O3. The zero-order chi connectivity index (χ0) is 13.4. The second-order valence-electron chi connectivity index (χ2n) is 6.43. The van der Waals surface area contributed by atoms with Crippen molar-refractivity contribution in [2.24, 2.45) is 11.7 Å². The maximum atomic E-state index is 11.9. The molecule has 2 N–H and O–H groups in total. The highest BCUT2D eigenvalue weighted by Crippen LogP contribution is 2.32. The summed E-state index contributed by atoms with van der Waals surface area (Å²) in [5.74, 6) is 0.457. The van der Waals surface area contributed by atoms with Gasteiger partial charge in [0.15, 0.2) is 0 Å². The number of piperidine rings is 1. The van der Waals surface area contributed by atoms with Crippen LogP contribution in [0.25, 0.3) is 0 Å². The van der Waals surface area contributed by atoms with Crippen molar-refractivity contribution in [3.8, 4) is 0 Å². The Morgan fingerprint density at radius 2 is 1.89 bits per heavy atom. The Balaban J connectivity index is 1.84. The molecule has 5 nitrogen and oxygen atoms in total.